The Balaban J connectivity index is 1.59. The first-order valence-corrected chi connectivity index (χ1v) is 10.8. The Morgan fingerprint density at radius 3 is 2.68 bits per heavy atom. The SMILES string of the molecule is Cc1c(Cl)ccc2c1NC(=O)[C@@]21[C@H]2C(=O)N(c3ccccc3F)C(=O)[C@@H]2[C@H]2CCCN21. The highest BCUT2D eigenvalue weighted by molar-refractivity contribution is 6.32. The molecule has 0 bridgehead atoms. The Morgan fingerprint density at radius 1 is 1.13 bits per heavy atom. The molecule has 6 nitrogen and oxygen atoms in total. The molecule has 0 aliphatic carbocycles. The van der Waals surface area contributed by atoms with E-state index in [-0.39, 0.29) is 17.6 Å². The van der Waals surface area contributed by atoms with Gasteiger partial charge in [0, 0.05) is 16.6 Å². The Hall–Kier alpha value is -2.77. The number of hydrogen-bond donors (Lipinski definition) is 1. The summed E-state index contributed by atoms with van der Waals surface area (Å²) in [4.78, 5) is 43.9. The van der Waals surface area contributed by atoms with E-state index in [1.165, 1.54) is 18.2 Å². The average Bonchev–Trinajstić information content (AvgIpc) is 3.45. The highest BCUT2D eigenvalue weighted by Crippen LogP contribution is 2.61. The third-order valence-electron chi connectivity index (χ3n) is 7.46. The lowest BCUT2D eigenvalue weighted by Crippen LogP contribution is -2.54. The summed E-state index contributed by atoms with van der Waals surface area (Å²) in [5.74, 6) is -3.51. The molecule has 158 valence electrons. The van der Waals surface area contributed by atoms with Crippen molar-refractivity contribution < 1.29 is 18.8 Å². The van der Waals surface area contributed by atoms with Crippen molar-refractivity contribution in [3.8, 4) is 0 Å². The van der Waals surface area contributed by atoms with E-state index < -0.39 is 35.0 Å². The van der Waals surface area contributed by atoms with Gasteiger partial charge in [-0.1, -0.05) is 29.8 Å². The van der Waals surface area contributed by atoms with Gasteiger partial charge < -0.3 is 5.32 Å². The first-order valence-electron chi connectivity index (χ1n) is 10.4. The molecule has 2 aromatic rings. The first kappa shape index (κ1) is 19.0. The number of benzene rings is 2. The summed E-state index contributed by atoms with van der Waals surface area (Å²) in [6, 6.07) is 9.02. The number of hydrogen-bond acceptors (Lipinski definition) is 4. The van der Waals surface area contributed by atoms with Crippen LogP contribution in [0.5, 0.6) is 0 Å². The molecule has 1 spiro atoms. The molecule has 1 N–H and O–H groups in total. The number of nitrogens with one attached hydrogen (secondary N) is 1. The molecule has 0 radical (unpaired) electrons. The number of amides is 3. The number of rotatable bonds is 1. The van der Waals surface area contributed by atoms with Crippen molar-refractivity contribution in [1.82, 2.24) is 4.90 Å². The quantitative estimate of drug-likeness (QED) is 0.693. The van der Waals surface area contributed by atoms with Crippen LogP contribution < -0.4 is 10.2 Å². The van der Waals surface area contributed by atoms with Crippen molar-refractivity contribution in [3.63, 3.8) is 0 Å². The second-order valence-electron chi connectivity index (χ2n) is 8.69. The maximum atomic E-state index is 14.6. The predicted octanol–water partition coefficient (Wildman–Crippen LogP) is 3.22. The minimum Gasteiger partial charge on any atom is -0.324 e. The topological polar surface area (TPSA) is 69.7 Å². The Morgan fingerprint density at radius 2 is 1.90 bits per heavy atom. The lowest BCUT2D eigenvalue weighted by Gasteiger charge is -2.36. The van der Waals surface area contributed by atoms with Crippen molar-refractivity contribution in [2.45, 2.75) is 31.3 Å². The van der Waals surface area contributed by atoms with Crippen LogP contribution in [0.15, 0.2) is 36.4 Å². The summed E-state index contributed by atoms with van der Waals surface area (Å²) in [5.41, 5.74) is 0.663. The summed E-state index contributed by atoms with van der Waals surface area (Å²) in [5, 5.41) is 3.46. The third kappa shape index (κ3) is 2.08. The van der Waals surface area contributed by atoms with Gasteiger partial charge in [0.05, 0.1) is 23.2 Å². The number of anilines is 2. The smallest absolute Gasteiger partial charge is 0.250 e. The summed E-state index contributed by atoms with van der Waals surface area (Å²) in [7, 11) is 0. The van der Waals surface area contributed by atoms with Crippen molar-refractivity contribution in [1.29, 1.82) is 0 Å². The molecule has 2 aromatic carbocycles. The molecule has 0 saturated carbocycles. The van der Waals surface area contributed by atoms with E-state index in [1.807, 2.05) is 11.8 Å². The van der Waals surface area contributed by atoms with E-state index in [9.17, 15) is 18.8 Å². The van der Waals surface area contributed by atoms with Crippen molar-refractivity contribution in [2.24, 2.45) is 11.8 Å². The van der Waals surface area contributed by atoms with Crippen LogP contribution in [0.25, 0.3) is 0 Å². The van der Waals surface area contributed by atoms with Crippen molar-refractivity contribution in [2.75, 3.05) is 16.8 Å². The lowest BCUT2D eigenvalue weighted by molar-refractivity contribution is -0.135. The molecule has 4 heterocycles. The third-order valence-corrected chi connectivity index (χ3v) is 7.87. The molecule has 0 unspecified atom stereocenters. The maximum absolute atomic E-state index is 14.6. The van der Waals surface area contributed by atoms with Gasteiger partial charge in [-0.3, -0.25) is 19.3 Å². The van der Waals surface area contributed by atoms with E-state index in [0.29, 0.717) is 29.2 Å². The van der Waals surface area contributed by atoms with Gasteiger partial charge in [-0.05, 0) is 50.1 Å². The van der Waals surface area contributed by atoms with Gasteiger partial charge in [0.1, 0.15) is 11.4 Å². The molecule has 4 aliphatic rings. The molecule has 3 amide bonds. The molecule has 3 fully saturated rings. The van der Waals surface area contributed by atoms with Gasteiger partial charge >= 0.3 is 0 Å². The molecule has 31 heavy (non-hydrogen) atoms. The average molecular weight is 440 g/mol. The monoisotopic (exact) mass is 439 g/mol. The van der Waals surface area contributed by atoms with Crippen LogP contribution in [0.2, 0.25) is 5.02 Å². The van der Waals surface area contributed by atoms with Crippen molar-refractivity contribution in [3.05, 3.63) is 58.4 Å². The van der Waals surface area contributed by atoms with Crippen LogP contribution >= 0.6 is 11.6 Å². The molecule has 0 aromatic heterocycles. The summed E-state index contributed by atoms with van der Waals surface area (Å²) in [6.45, 7) is 2.44. The van der Waals surface area contributed by atoms with Crippen LogP contribution in [0.3, 0.4) is 0 Å². The Kier molecular flexibility index (Phi) is 3.76. The summed E-state index contributed by atoms with van der Waals surface area (Å²) < 4.78 is 14.6. The minimum absolute atomic E-state index is 0.0579. The number of carbonyl (C=O) groups is 3. The van der Waals surface area contributed by atoms with Crippen molar-refractivity contribution >= 4 is 40.7 Å². The number of para-hydroxylation sites is 1. The Labute approximate surface area is 183 Å². The fourth-order valence-electron chi connectivity index (χ4n) is 6.26. The van der Waals surface area contributed by atoms with Crippen LogP contribution in [-0.4, -0.2) is 35.2 Å². The molecule has 4 atom stereocenters. The first-order chi connectivity index (χ1) is 14.9. The van der Waals surface area contributed by atoms with Crippen LogP contribution in [-0.2, 0) is 19.9 Å². The number of imide groups is 1. The molecule has 6 rings (SSSR count). The standard InChI is InChI=1S/C23H19ClFN3O3/c1-11-13(24)9-8-12-19(11)26-22(31)23(12)18-17(16-7-4-10-27(16)23)20(29)28(21(18)30)15-6-3-2-5-14(15)25/h2-3,5-6,8-9,16-18H,4,7,10H2,1H3,(H,26,31)/t16-,17-,18-,23+/m1/s1. The van der Waals surface area contributed by atoms with E-state index in [1.54, 1.807) is 18.2 Å². The molecule has 8 heteroatoms. The van der Waals surface area contributed by atoms with Crippen LogP contribution in [0.1, 0.15) is 24.0 Å². The van der Waals surface area contributed by atoms with Crippen LogP contribution in [0.4, 0.5) is 15.8 Å². The fourth-order valence-corrected chi connectivity index (χ4v) is 6.42. The van der Waals surface area contributed by atoms with Gasteiger partial charge in [0.15, 0.2) is 0 Å². The Bertz CT molecular complexity index is 1200. The van der Waals surface area contributed by atoms with E-state index in [2.05, 4.69) is 5.32 Å². The van der Waals surface area contributed by atoms with Gasteiger partial charge in [0.2, 0.25) is 17.7 Å². The summed E-state index contributed by atoms with van der Waals surface area (Å²) >= 11 is 6.29. The minimum atomic E-state index is -1.29. The highest BCUT2D eigenvalue weighted by Gasteiger charge is 2.74. The van der Waals surface area contributed by atoms with E-state index in [4.69, 9.17) is 11.6 Å². The number of nitrogens with zero attached hydrogens (tertiary/aromatic N) is 2. The molecular weight excluding hydrogens is 421 g/mol. The molecule has 4 aliphatic heterocycles. The predicted molar refractivity (Wildman–Crippen MR) is 112 cm³/mol. The zero-order valence-corrected chi connectivity index (χ0v) is 17.4. The normalized spacial score (nSPS) is 31.4. The fraction of sp³-hybridized carbons (Fsp3) is 0.348. The second-order valence-corrected chi connectivity index (χ2v) is 9.09. The largest absolute Gasteiger partial charge is 0.324 e. The van der Waals surface area contributed by atoms with Gasteiger partial charge in [-0.25, -0.2) is 9.29 Å². The van der Waals surface area contributed by atoms with E-state index >= 15 is 0 Å². The van der Waals surface area contributed by atoms with E-state index in [0.717, 1.165) is 16.9 Å². The molecule has 3 saturated heterocycles. The highest BCUT2D eigenvalue weighted by atomic mass is 35.5. The number of carbonyl (C=O) groups excluding carboxylic acids is 3. The van der Waals surface area contributed by atoms with Crippen LogP contribution in [0, 0.1) is 24.6 Å². The number of fused-ring (bicyclic) bond motifs is 7. The second kappa shape index (κ2) is 6.14. The zero-order valence-electron chi connectivity index (χ0n) is 16.7. The molecular formula is C23H19ClFN3O3. The summed E-state index contributed by atoms with van der Waals surface area (Å²) in [6.07, 6.45) is 1.54. The lowest BCUT2D eigenvalue weighted by atomic mass is 9.75. The van der Waals surface area contributed by atoms with Gasteiger partial charge in [-0.2, -0.15) is 0 Å². The van der Waals surface area contributed by atoms with Gasteiger partial charge in [0.25, 0.3) is 0 Å². The van der Waals surface area contributed by atoms with Gasteiger partial charge in [-0.15, -0.1) is 0 Å². The maximum Gasteiger partial charge on any atom is 0.250 e. The zero-order chi connectivity index (χ0) is 21.7. The number of halogens is 2.